The Hall–Kier alpha value is -2.09. The maximum Gasteiger partial charge on any atom is 0.243 e. The standard InChI is InChI=1S/C19H34N6O2/c1-4-8-20-19(21-15-17(26)22(2)3)25-13-11-23(12-14-25)16-18(27)24-9-6-5-7-10-24/h4H,1,5-16H2,2-3H3,(H,20,21). The lowest BCUT2D eigenvalue weighted by atomic mass is 10.1. The quantitative estimate of drug-likeness (QED) is 0.395. The Morgan fingerprint density at radius 1 is 1.04 bits per heavy atom. The molecule has 2 aliphatic heterocycles. The number of carbonyl (C=O) groups is 2. The summed E-state index contributed by atoms with van der Waals surface area (Å²) in [6.07, 6.45) is 5.26. The van der Waals surface area contributed by atoms with Crippen molar-refractivity contribution in [2.45, 2.75) is 19.3 Å². The first kappa shape index (κ1) is 21.2. The van der Waals surface area contributed by atoms with E-state index in [0.717, 1.165) is 58.1 Å². The molecular formula is C19H34N6O2. The van der Waals surface area contributed by atoms with Crippen molar-refractivity contribution in [2.75, 3.05) is 73.0 Å². The Labute approximate surface area is 162 Å². The van der Waals surface area contributed by atoms with E-state index < -0.39 is 0 Å². The molecule has 0 aromatic heterocycles. The topological polar surface area (TPSA) is 71.5 Å². The molecule has 0 aliphatic carbocycles. The molecule has 0 aromatic rings. The molecular weight excluding hydrogens is 344 g/mol. The van der Waals surface area contributed by atoms with Crippen LogP contribution in [0.4, 0.5) is 0 Å². The Morgan fingerprint density at radius 3 is 2.30 bits per heavy atom. The first-order chi connectivity index (χ1) is 13.0. The fraction of sp³-hybridized carbons (Fsp3) is 0.737. The van der Waals surface area contributed by atoms with Gasteiger partial charge in [-0.2, -0.15) is 0 Å². The molecule has 2 saturated heterocycles. The summed E-state index contributed by atoms with van der Waals surface area (Å²) in [4.78, 5) is 36.6. The van der Waals surface area contributed by atoms with Gasteiger partial charge < -0.3 is 20.0 Å². The molecule has 8 heteroatoms. The first-order valence-electron chi connectivity index (χ1n) is 9.85. The zero-order chi connectivity index (χ0) is 19.6. The highest BCUT2D eigenvalue weighted by molar-refractivity contribution is 5.85. The van der Waals surface area contributed by atoms with Crippen LogP contribution in [0.1, 0.15) is 19.3 Å². The van der Waals surface area contributed by atoms with Crippen molar-refractivity contribution in [1.29, 1.82) is 0 Å². The molecule has 1 N–H and O–H groups in total. The molecule has 0 spiro atoms. The summed E-state index contributed by atoms with van der Waals surface area (Å²) in [5.41, 5.74) is 0. The minimum atomic E-state index is -0.0290. The van der Waals surface area contributed by atoms with Crippen molar-refractivity contribution in [2.24, 2.45) is 4.99 Å². The first-order valence-corrected chi connectivity index (χ1v) is 9.85. The number of piperidine rings is 1. The number of guanidine groups is 1. The summed E-state index contributed by atoms with van der Waals surface area (Å²) in [6, 6.07) is 0. The highest BCUT2D eigenvalue weighted by atomic mass is 16.2. The van der Waals surface area contributed by atoms with E-state index >= 15 is 0 Å². The van der Waals surface area contributed by atoms with Crippen LogP contribution in [0.5, 0.6) is 0 Å². The number of nitrogens with one attached hydrogen (secondary N) is 1. The van der Waals surface area contributed by atoms with Crippen molar-refractivity contribution in [3.05, 3.63) is 12.7 Å². The van der Waals surface area contributed by atoms with Crippen molar-refractivity contribution >= 4 is 17.8 Å². The molecule has 0 unspecified atom stereocenters. The predicted molar refractivity (Wildman–Crippen MR) is 108 cm³/mol. The number of hydrogen-bond acceptors (Lipinski definition) is 4. The fourth-order valence-electron chi connectivity index (χ4n) is 3.27. The van der Waals surface area contributed by atoms with Crippen molar-refractivity contribution in [3.8, 4) is 0 Å². The van der Waals surface area contributed by atoms with Gasteiger partial charge >= 0.3 is 0 Å². The van der Waals surface area contributed by atoms with E-state index in [1.807, 2.05) is 4.90 Å². The van der Waals surface area contributed by atoms with E-state index in [2.05, 4.69) is 26.7 Å². The Morgan fingerprint density at radius 2 is 1.70 bits per heavy atom. The van der Waals surface area contributed by atoms with Crippen LogP contribution in [0.3, 0.4) is 0 Å². The van der Waals surface area contributed by atoms with Crippen LogP contribution in [0.2, 0.25) is 0 Å². The largest absolute Gasteiger partial charge is 0.353 e. The molecule has 0 saturated carbocycles. The van der Waals surface area contributed by atoms with Crippen LogP contribution in [0, 0.1) is 0 Å². The number of likely N-dealkylation sites (N-methyl/N-ethyl adjacent to an activating group) is 1. The zero-order valence-corrected chi connectivity index (χ0v) is 16.8. The minimum absolute atomic E-state index is 0.0290. The Kier molecular flexibility index (Phi) is 8.57. The average molecular weight is 379 g/mol. The van der Waals surface area contributed by atoms with E-state index in [9.17, 15) is 9.59 Å². The number of amides is 2. The fourth-order valence-corrected chi connectivity index (χ4v) is 3.27. The van der Waals surface area contributed by atoms with Gasteiger partial charge in [0.2, 0.25) is 11.8 Å². The normalized spacial score (nSPS) is 19.0. The van der Waals surface area contributed by atoms with Crippen LogP contribution >= 0.6 is 0 Å². The molecule has 152 valence electrons. The lowest BCUT2D eigenvalue weighted by molar-refractivity contribution is -0.133. The Bertz CT molecular complexity index is 534. The molecule has 0 radical (unpaired) electrons. The summed E-state index contributed by atoms with van der Waals surface area (Å²) >= 11 is 0. The van der Waals surface area contributed by atoms with E-state index in [1.54, 1.807) is 25.1 Å². The molecule has 2 rings (SSSR count). The maximum atomic E-state index is 12.4. The average Bonchev–Trinajstić information content (AvgIpc) is 2.69. The lowest BCUT2D eigenvalue weighted by Crippen LogP contribution is -2.54. The van der Waals surface area contributed by atoms with Gasteiger partial charge in [0, 0.05) is 59.9 Å². The van der Waals surface area contributed by atoms with Crippen molar-refractivity contribution < 1.29 is 9.59 Å². The summed E-state index contributed by atoms with van der Waals surface area (Å²) in [5, 5.41) is 3.23. The van der Waals surface area contributed by atoms with Gasteiger partial charge in [0.25, 0.3) is 0 Å². The van der Waals surface area contributed by atoms with E-state index in [1.165, 1.54) is 6.42 Å². The SMILES string of the molecule is C=CCNC(=NCC(=O)N(C)C)N1CCN(CC(=O)N2CCCCC2)CC1. The van der Waals surface area contributed by atoms with E-state index in [4.69, 9.17) is 0 Å². The summed E-state index contributed by atoms with van der Waals surface area (Å²) in [6.45, 7) is 9.96. The number of hydrogen-bond donors (Lipinski definition) is 1. The smallest absolute Gasteiger partial charge is 0.243 e. The third-order valence-corrected chi connectivity index (χ3v) is 5.01. The van der Waals surface area contributed by atoms with Gasteiger partial charge in [0.05, 0.1) is 6.54 Å². The summed E-state index contributed by atoms with van der Waals surface area (Å²) in [7, 11) is 3.46. The summed E-state index contributed by atoms with van der Waals surface area (Å²) in [5.74, 6) is 0.948. The maximum absolute atomic E-state index is 12.4. The van der Waals surface area contributed by atoms with Crippen LogP contribution in [0.15, 0.2) is 17.6 Å². The second-order valence-corrected chi connectivity index (χ2v) is 7.30. The van der Waals surface area contributed by atoms with Gasteiger partial charge in [-0.05, 0) is 19.3 Å². The number of likely N-dealkylation sites (tertiary alicyclic amines) is 1. The highest BCUT2D eigenvalue weighted by Crippen LogP contribution is 2.10. The molecule has 0 bridgehead atoms. The van der Waals surface area contributed by atoms with Crippen molar-refractivity contribution in [3.63, 3.8) is 0 Å². The minimum Gasteiger partial charge on any atom is -0.353 e. The van der Waals surface area contributed by atoms with Crippen LogP contribution in [-0.2, 0) is 9.59 Å². The van der Waals surface area contributed by atoms with Crippen LogP contribution in [-0.4, -0.2) is 110 Å². The van der Waals surface area contributed by atoms with Gasteiger partial charge in [-0.1, -0.05) is 6.08 Å². The van der Waals surface area contributed by atoms with Gasteiger partial charge in [0.15, 0.2) is 5.96 Å². The third-order valence-electron chi connectivity index (χ3n) is 5.01. The molecule has 2 heterocycles. The lowest BCUT2D eigenvalue weighted by Gasteiger charge is -2.37. The third kappa shape index (κ3) is 6.86. The molecule has 8 nitrogen and oxygen atoms in total. The van der Waals surface area contributed by atoms with E-state index in [-0.39, 0.29) is 18.4 Å². The molecule has 0 atom stereocenters. The Balaban J connectivity index is 1.84. The van der Waals surface area contributed by atoms with Crippen LogP contribution < -0.4 is 5.32 Å². The van der Waals surface area contributed by atoms with Crippen molar-refractivity contribution in [1.82, 2.24) is 24.9 Å². The second-order valence-electron chi connectivity index (χ2n) is 7.30. The molecule has 2 aliphatic rings. The number of rotatable bonds is 6. The number of piperazine rings is 1. The van der Waals surface area contributed by atoms with E-state index in [0.29, 0.717) is 13.1 Å². The number of carbonyl (C=O) groups excluding carboxylic acids is 2. The summed E-state index contributed by atoms with van der Waals surface area (Å²) < 4.78 is 0. The molecule has 27 heavy (non-hydrogen) atoms. The second kappa shape index (κ2) is 10.9. The number of nitrogens with zero attached hydrogens (tertiary/aromatic N) is 5. The molecule has 2 fully saturated rings. The van der Waals surface area contributed by atoms with Gasteiger partial charge in [-0.25, -0.2) is 4.99 Å². The van der Waals surface area contributed by atoms with Gasteiger partial charge in [-0.15, -0.1) is 6.58 Å². The number of aliphatic imine (C=N–C) groups is 1. The van der Waals surface area contributed by atoms with Gasteiger partial charge in [0.1, 0.15) is 6.54 Å². The highest BCUT2D eigenvalue weighted by Gasteiger charge is 2.24. The molecule has 2 amide bonds. The predicted octanol–water partition coefficient (Wildman–Crippen LogP) is -0.164. The molecule has 0 aromatic carbocycles. The van der Waals surface area contributed by atoms with Gasteiger partial charge in [-0.3, -0.25) is 14.5 Å². The zero-order valence-electron chi connectivity index (χ0n) is 16.8. The monoisotopic (exact) mass is 378 g/mol. The van der Waals surface area contributed by atoms with Crippen LogP contribution in [0.25, 0.3) is 0 Å².